The second kappa shape index (κ2) is 6.30. The number of aryl methyl sites for hydroxylation is 1. The van der Waals surface area contributed by atoms with Crippen molar-refractivity contribution in [3.05, 3.63) is 35.4 Å². The van der Waals surface area contributed by atoms with Crippen molar-refractivity contribution < 1.29 is 0 Å². The minimum Gasteiger partial charge on any atom is -0.307 e. The van der Waals surface area contributed by atoms with Gasteiger partial charge in [0.05, 0.1) is 0 Å². The van der Waals surface area contributed by atoms with Gasteiger partial charge in [0.25, 0.3) is 0 Å². The van der Waals surface area contributed by atoms with E-state index >= 15 is 0 Å². The third-order valence-electron chi connectivity index (χ3n) is 5.20. The fraction of sp³-hybridized carbons (Fsp3) is 0.684. The molecule has 0 saturated heterocycles. The SMILES string of the molecule is Cc1ccc(C(NC2CCCC(C)CC2)C2CC2)cc1. The summed E-state index contributed by atoms with van der Waals surface area (Å²) in [5.74, 6) is 1.82. The molecular formula is C19H29N. The van der Waals surface area contributed by atoms with Crippen LogP contribution in [0, 0.1) is 18.8 Å². The topological polar surface area (TPSA) is 12.0 Å². The van der Waals surface area contributed by atoms with Gasteiger partial charge in [-0.25, -0.2) is 0 Å². The summed E-state index contributed by atoms with van der Waals surface area (Å²) in [4.78, 5) is 0. The number of rotatable bonds is 4. The van der Waals surface area contributed by atoms with Crippen LogP contribution in [0.25, 0.3) is 0 Å². The van der Waals surface area contributed by atoms with E-state index < -0.39 is 0 Å². The van der Waals surface area contributed by atoms with Gasteiger partial charge < -0.3 is 5.32 Å². The van der Waals surface area contributed by atoms with Gasteiger partial charge in [-0.1, -0.05) is 49.6 Å². The highest BCUT2D eigenvalue weighted by Crippen LogP contribution is 2.42. The second-order valence-electron chi connectivity index (χ2n) is 7.20. The molecule has 0 amide bonds. The molecular weight excluding hydrogens is 242 g/mol. The molecule has 0 aliphatic heterocycles. The van der Waals surface area contributed by atoms with Crippen LogP contribution in [0.1, 0.15) is 69.0 Å². The van der Waals surface area contributed by atoms with E-state index in [1.54, 1.807) is 0 Å². The summed E-state index contributed by atoms with van der Waals surface area (Å²) in [5, 5.41) is 4.01. The average Bonchev–Trinajstić information content (AvgIpc) is 3.26. The lowest BCUT2D eigenvalue weighted by molar-refractivity contribution is 0.370. The van der Waals surface area contributed by atoms with Crippen molar-refractivity contribution in [1.29, 1.82) is 0 Å². The third kappa shape index (κ3) is 3.63. The van der Waals surface area contributed by atoms with E-state index in [-0.39, 0.29) is 0 Å². The van der Waals surface area contributed by atoms with Gasteiger partial charge in [0.2, 0.25) is 0 Å². The lowest BCUT2D eigenvalue weighted by atomic mass is 9.98. The summed E-state index contributed by atoms with van der Waals surface area (Å²) in [5.41, 5.74) is 2.88. The Hall–Kier alpha value is -0.820. The molecule has 20 heavy (non-hydrogen) atoms. The Bertz CT molecular complexity index is 418. The Kier molecular flexibility index (Phi) is 4.45. The van der Waals surface area contributed by atoms with Crippen molar-refractivity contribution in [1.82, 2.24) is 5.32 Å². The van der Waals surface area contributed by atoms with Crippen LogP contribution in [0.2, 0.25) is 0 Å². The van der Waals surface area contributed by atoms with Crippen LogP contribution < -0.4 is 5.32 Å². The standard InChI is InChI=1S/C19H29N/c1-14-4-3-5-18(13-8-14)20-19(17-11-12-17)16-9-6-15(2)7-10-16/h6-7,9-10,14,17-20H,3-5,8,11-13H2,1-2H3. The van der Waals surface area contributed by atoms with E-state index in [0.29, 0.717) is 6.04 Å². The van der Waals surface area contributed by atoms with Crippen LogP contribution in [0.5, 0.6) is 0 Å². The van der Waals surface area contributed by atoms with Gasteiger partial charge in [-0.3, -0.25) is 0 Å². The highest BCUT2D eigenvalue weighted by molar-refractivity contribution is 5.25. The van der Waals surface area contributed by atoms with Crippen molar-refractivity contribution in [2.24, 2.45) is 11.8 Å². The monoisotopic (exact) mass is 271 g/mol. The Morgan fingerprint density at radius 3 is 2.40 bits per heavy atom. The number of nitrogens with one attached hydrogen (secondary N) is 1. The summed E-state index contributed by atoms with van der Waals surface area (Å²) in [7, 11) is 0. The highest BCUT2D eigenvalue weighted by atomic mass is 15.0. The Labute approximate surface area is 124 Å². The first-order chi connectivity index (χ1) is 9.72. The predicted molar refractivity (Wildman–Crippen MR) is 85.8 cm³/mol. The fourth-order valence-corrected chi connectivity index (χ4v) is 3.62. The van der Waals surface area contributed by atoms with Crippen molar-refractivity contribution in [3.8, 4) is 0 Å². The molecule has 2 saturated carbocycles. The average molecular weight is 271 g/mol. The van der Waals surface area contributed by atoms with E-state index in [4.69, 9.17) is 0 Å². The molecule has 2 fully saturated rings. The molecule has 0 spiro atoms. The molecule has 3 rings (SSSR count). The number of hydrogen-bond donors (Lipinski definition) is 1. The van der Waals surface area contributed by atoms with Crippen LogP contribution in [-0.4, -0.2) is 6.04 Å². The van der Waals surface area contributed by atoms with E-state index in [1.165, 1.54) is 56.1 Å². The van der Waals surface area contributed by atoms with Crippen LogP contribution in [0.3, 0.4) is 0 Å². The van der Waals surface area contributed by atoms with Gasteiger partial charge in [0.15, 0.2) is 0 Å². The Morgan fingerprint density at radius 1 is 0.950 bits per heavy atom. The Balaban J connectivity index is 1.66. The first-order valence-corrected chi connectivity index (χ1v) is 8.55. The van der Waals surface area contributed by atoms with Gasteiger partial charge in [-0.05, 0) is 56.4 Å². The van der Waals surface area contributed by atoms with Crippen LogP contribution >= 0.6 is 0 Å². The van der Waals surface area contributed by atoms with Gasteiger partial charge in [0.1, 0.15) is 0 Å². The van der Waals surface area contributed by atoms with Gasteiger partial charge in [0, 0.05) is 12.1 Å². The fourth-order valence-electron chi connectivity index (χ4n) is 3.62. The summed E-state index contributed by atoms with van der Waals surface area (Å²) < 4.78 is 0. The minimum absolute atomic E-state index is 0.606. The maximum Gasteiger partial charge on any atom is 0.0351 e. The third-order valence-corrected chi connectivity index (χ3v) is 5.20. The zero-order valence-corrected chi connectivity index (χ0v) is 13.1. The summed E-state index contributed by atoms with van der Waals surface area (Å²) in [6, 6.07) is 10.6. The van der Waals surface area contributed by atoms with Crippen molar-refractivity contribution >= 4 is 0 Å². The summed E-state index contributed by atoms with van der Waals surface area (Å²) in [6.07, 6.45) is 9.81. The van der Waals surface area contributed by atoms with E-state index in [2.05, 4.69) is 43.4 Å². The molecule has 2 aliphatic carbocycles. The van der Waals surface area contributed by atoms with Gasteiger partial charge in [-0.2, -0.15) is 0 Å². The number of hydrogen-bond acceptors (Lipinski definition) is 1. The first kappa shape index (κ1) is 14.1. The molecule has 1 N–H and O–H groups in total. The molecule has 3 unspecified atom stereocenters. The second-order valence-corrected chi connectivity index (χ2v) is 7.20. The largest absolute Gasteiger partial charge is 0.307 e. The van der Waals surface area contributed by atoms with E-state index in [0.717, 1.165) is 17.9 Å². The maximum atomic E-state index is 4.01. The molecule has 1 aromatic rings. The van der Waals surface area contributed by atoms with Crippen molar-refractivity contribution in [3.63, 3.8) is 0 Å². The molecule has 0 radical (unpaired) electrons. The lowest BCUT2D eigenvalue weighted by Gasteiger charge is -2.25. The molecule has 0 bridgehead atoms. The predicted octanol–water partition coefficient (Wildman–Crippen LogP) is 5.00. The first-order valence-electron chi connectivity index (χ1n) is 8.55. The molecule has 3 atom stereocenters. The molecule has 2 aliphatic rings. The quantitative estimate of drug-likeness (QED) is 0.759. The normalized spacial score (nSPS) is 28.9. The van der Waals surface area contributed by atoms with E-state index in [1.807, 2.05) is 0 Å². The maximum absolute atomic E-state index is 4.01. The molecule has 0 aromatic heterocycles. The molecule has 1 aromatic carbocycles. The summed E-state index contributed by atoms with van der Waals surface area (Å²) in [6.45, 7) is 4.59. The Morgan fingerprint density at radius 2 is 1.70 bits per heavy atom. The van der Waals surface area contributed by atoms with Gasteiger partial charge in [-0.15, -0.1) is 0 Å². The lowest BCUT2D eigenvalue weighted by Crippen LogP contribution is -2.33. The number of benzene rings is 1. The van der Waals surface area contributed by atoms with E-state index in [9.17, 15) is 0 Å². The summed E-state index contributed by atoms with van der Waals surface area (Å²) >= 11 is 0. The smallest absolute Gasteiger partial charge is 0.0351 e. The van der Waals surface area contributed by atoms with Gasteiger partial charge >= 0.3 is 0 Å². The van der Waals surface area contributed by atoms with Crippen LogP contribution in [-0.2, 0) is 0 Å². The van der Waals surface area contributed by atoms with Crippen molar-refractivity contribution in [2.75, 3.05) is 0 Å². The van der Waals surface area contributed by atoms with Crippen LogP contribution in [0.4, 0.5) is 0 Å². The zero-order valence-electron chi connectivity index (χ0n) is 13.1. The van der Waals surface area contributed by atoms with Crippen molar-refractivity contribution in [2.45, 2.75) is 70.9 Å². The minimum atomic E-state index is 0.606. The molecule has 1 heteroatoms. The molecule has 0 heterocycles. The molecule has 110 valence electrons. The zero-order chi connectivity index (χ0) is 13.9. The highest BCUT2D eigenvalue weighted by Gasteiger charge is 2.33. The van der Waals surface area contributed by atoms with Crippen LogP contribution in [0.15, 0.2) is 24.3 Å². The molecule has 1 nitrogen and oxygen atoms in total.